The summed E-state index contributed by atoms with van der Waals surface area (Å²) in [5.41, 5.74) is 1.46. The zero-order chi connectivity index (χ0) is 10.2. The molecule has 0 saturated carbocycles. The number of allylic oxidation sites excluding steroid dienone is 4. The van der Waals surface area contributed by atoms with Gasteiger partial charge in [0.25, 0.3) is 0 Å². The lowest BCUT2D eigenvalue weighted by molar-refractivity contribution is 0.195. The van der Waals surface area contributed by atoms with E-state index in [1.54, 1.807) is 0 Å². The van der Waals surface area contributed by atoms with Crippen LogP contribution in [-0.2, 0) is 4.74 Å². The third kappa shape index (κ3) is 4.50. The Balaban J connectivity index is 2.07. The van der Waals surface area contributed by atoms with Crippen molar-refractivity contribution in [3.05, 3.63) is 23.5 Å². The Labute approximate surface area is 87.8 Å². The van der Waals surface area contributed by atoms with Crippen molar-refractivity contribution in [1.82, 2.24) is 0 Å². The highest BCUT2D eigenvalue weighted by Crippen LogP contribution is 2.18. The second-order valence-corrected chi connectivity index (χ2v) is 4.06. The highest BCUT2D eigenvalue weighted by molar-refractivity contribution is 5.19. The standard InChI is InChI=1S/C13H22O/c1-3-4-5-6-11-14-13-9-7-12(2)8-10-13/h7,9H,3-6,8,10-11H2,1-2H3. The summed E-state index contributed by atoms with van der Waals surface area (Å²) >= 11 is 0. The molecule has 0 spiro atoms. The van der Waals surface area contributed by atoms with Crippen LogP contribution in [0.1, 0.15) is 52.4 Å². The van der Waals surface area contributed by atoms with Crippen molar-refractivity contribution in [3.8, 4) is 0 Å². The lowest BCUT2D eigenvalue weighted by Gasteiger charge is -2.13. The molecule has 0 aromatic rings. The summed E-state index contributed by atoms with van der Waals surface area (Å²) in [7, 11) is 0. The van der Waals surface area contributed by atoms with E-state index >= 15 is 0 Å². The van der Waals surface area contributed by atoms with Crippen LogP contribution in [0.25, 0.3) is 0 Å². The van der Waals surface area contributed by atoms with Gasteiger partial charge in [0.15, 0.2) is 0 Å². The van der Waals surface area contributed by atoms with Gasteiger partial charge in [-0.1, -0.05) is 37.8 Å². The SMILES string of the molecule is CCCCCCOC1=CC=C(C)CC1. The highest BCUT2D eigenvalue weighted by atomic mass is 16.5. The second-order valence-electron chi connectivity index (χ2n) is 4.06. The molecule has 0 N–H and O–H groups in total. The van der Waals surface area contributed by atoms with Crippen molar-refractivity contribution in [3.63, 3.8) is 0 Å². The third-order valence-electron chi connectivity index (χ3n) is 2.60. The molecule has 0 atom stereocenters. The Bertz CT molecular complexity index is 213. The van der Waals surface area contributed by atoms with Crippen molar-refractivity contribution in [1.29, 1.82) is 0 Å². The Morgan fingerprint density at radius 1 is 1.14 bits per heavy atom. The summed E-state index contributed by atoms with van der Waals surface area (Å²) in [5, 5.41) is 0. The van der Waals surface area contributed by atoms with Crippen LogP contribution in [0.4, 0.5) is 0 Å². The molecule has 1 aliphatic rings. The summed E-state index contributed by atoms with van der Waals surface area (Å²) < 4.78 is 5.69. The monoisotopic (exact) mass is 194 g/mol. The average Bonchev–Trinajstić information content (AvgIpc) is 2.21. The highest BCUT2D eigenvalue weighted by Gasteiger charge is 2.03. The Morgan fingerprint density at radius 2 is 2.00 bits per heavy atom. The quantitative estimate of drug-likeness (QED) is 0.576. The number of ether oxygens (including phenoxy) is 1. The van der Waals surface area contributed by atoms with Gasteiger partial charge in [0.1, 0.15) is 0 Å². The van der Waals surface area contributed by atoms with Crippen LogP contribution >= 0.6 is 0 Å². The minimum absolute atomic E-state index is 0.902. The summed E-state index contributed by atoms with van der Waals surface area (Å²) in [6.45, 7) is 5.31. The molecule has 0 bridgehead atoms. The van der Waals surface area contributed by atoms with E-state index in [-0.39, 0.29) is 0 Å². The molecular weight excluding hydrogens is 172 g/mol. The van der Waals surface area contributed by atoms with Crippen molar-refractivity contribution < 1.29 is 4.74 Å². The third-order valence-corrected chi connectivity index (χ3v) is 2.60. The van der Waals surface area contributed by atoms with Crippen LogP contribution in [0.15, 0.2) is 23.5 Å². The van der Waals surface area contributed by atoms with Gasteiger partial charge in [-0.3, -0.25) is 0 Å². The van der Waals surface area contributed by atoms with Crippen molar-refractivity contribution in [2.45, 2.75) is 52.4 Å². The van der Waals surface area contributed by atoms with E-state index in [9.17, 15) is 0 Å². The topological polar surface area (TPSA) is 9.23 Å². The molecule has 0 amide bonds. The minimum Gasteiger partial charge on any atom is -0.498 e. The fourth-order valence-corrected chi connectivity index (χ4v) is 1.57. The molecule has 0 unspecified atom stereocenters. The predicted molar refractivity (Wildman–Crippen MR) is 61.2 cm³/mol. The van der Waals surface area contributed by atoms with E-state index in [4.69, 9.17) is 4.74 Å². The molecule has 80 valence electrons. The molecule has 0 aromatic heterocycles. The zero-order valence-electron chi connectivity index (χ0n) is 9.51. The van der Waals surface area contributed by atoms with E-state index in [0.717, 1.165) is 13.0 Å². The molecule has 1 heteroatoms. The summed E-state index contributed by atoms with van der Waals surface area (Å²) in [6.07, 6.45) is 11.7. The Kier molecular flexibility index (Phi) is 5.43. The van der Waals surface area contributed by atoms with Crippen molar-refractivity contribution in [2.75, 3.05) is 6.61 Å². The van der Waals surface area contributed by atoms with Gasteiger partial charge in [-0.25, -0.2) is 0 Å². The van der Waals surface area contributed by atoms with Gasteiger partial charge in [-0.2, -0.15) is 0 Å². The van der Waals surface area contributed by atoms with Crippen LogP contribution in [0.3, 0.4) is 0 Å². The first-order valence-electron chi connectivity index (χ1n) is 5.82. The van der Waals surface area contributed by atoms with E-state index in [0.29, 0.717) is 0 Å². The maximum absolute atomic E-state index is 5.69. The fourth-order valence-electron chi connectivity index (χ4n) is 1.57. The van der Waals surface area contributed by atoms with Crippen LogP contribution < -0.4 is 0 Å². The maximum Gasteiger partial charge on any atom is 0.0962 e. The molecule has 0 radical (unpaired) electrons. The second kappa shape index (κ2) is 6.69. The molecule has 1 aliphatic carbocycles. The summed E-state index contributed by atoms with van der Waals surface area (Å²) in [4.78, 5) is 0. The largest absolute Gasteiger partial charge is 0.498 e. The molecule has 0 aromatic carbocycles. The van der Waals surface area contributed by atoms with Gasteiger partial charge in [-0.15, -0.1) is 0 Å². The molecular formula is C13H22O. The van der Waals surface area contributed by atoms with Gasteiger partial charge < -0.3 is 4.74 Å². The van der Waals surface area contributed by atoms with E-state index in [2.05, 4.69) is 26.0 Å². The fraction of sp³-hybridized carbons (Fsp3) is 0.692. The molecule has 0 fully saturated rings. The van der Waals surface area contributed by atoms with Gasteiger partial charge >= 0.3 is 0 Å². The first-order chi connectivity index (χ1) is 6.83. The minimum atomic E-state index is 0.902. The van der Waals surface area contributed by atoms with E-state index in [1.807, 2.05) is 0 Å². The Morgan fingerprint density at radius 3 is 2.64 bits per heavy atom. The lowest BCUT2D eigenvalue weighted by atomic mass is 10.1. The average molecular weight is 194 g/mol. The van der Waals surface area contributed by atoms with Gasteiger partial charge in [0.2, 0.25) is 0 Å². The van der Waals surface area contributed by atoms with Gasteiger partial charge in [0.05, 0.1) is 12.4 Å². The smallest absolute Gasteiger partial charge is 0.0962 e. The molecule has 1 nitrogen and oxygen atoms in total. The number of hydrogen-bond acceptors (Lipinski definition) is 1. The number of unbranched alkanes of at least 4 members (excludes halogenated alkanes) is 3. The Hall–Kier alpha value is -0.720. The van der Waals surface area contributed by atoms with Crippen LogP contribution in [0, 0.1) is 0 Å². The lowest BCUT2D eigenvalue weighted by Crippen LogP contribution is -1.98. The van der Waals surface area contributed by atoms with Crippen LogP contribution in [0.5, 0.6) is 0 Å². The van der Waals surface area contributed by atoms with Crippen LogP contribution in [0.2, 0.25) is 0 Å². The maximum atomic E-state index is 5.69. The van der Waals surface area contributed by atoms with E-state index in [1.165, 1.54) is 43.4 Å². The number of hydrogen-bond donors (Lipinski definition) is 0. The molecule has 0 aliphatic heterocycles. The van der Waals surface area contributed by atoms with Gasteiger partial charge in [-0.05, 0) is 25.8 Å². The first kappa shape index (κ1) is 11.4. The molecule has 0 saturated heterocycles. The van der Waals surface area contributed by atoms with Gasteiger partial charge in [0, 0.05) is 6.42 Å². The van der Waals surface area contributed by atoms with E-state index < -0.39 is 0 Å². The molecule has 1 rings (SSSR count). The normalized spacial score (nSPS) is 16.1. The first-order valence-corrected chi connectivity index (χ1v) is 5.82. The molecule has 0 heterocycles. The predicted octanol–water partition coefficient (Wildman–Crippen LogP) is 4.21. The summed E-state index contributed by atoms with van der Waals surface area (Å²) in [6, 6.07) is 0. The van der Waals surface area contributed by atoms with Crippen molar-refractivity contribution >= 4 is 0 Å². The van der Waals surface area contributed by atoms with Crippen molar-refractivity contribution in [2.24, 2.45) is 0 Å². The molecule has 14 heavy (non-hydrogen) atoms. The zero-order valence-corrected chi connectivity index (χ0v) is 9.51. The van der Waals surface area contributed by atoms with Crippen LogP contribution in [-0.4, -0.2) is 6.61 Å². The number of rotatable bonds is 6. The summed E-state index contributed by atoms with van der Waals surface area (Å²) in [5.74, 6) is 1.17.